The molecule has 0 saturated heterocycles. The van der Waals surface area contributed by atoms with Gasteiger partial charge in [0, 0.05) is 12.6 Å². The van der Waals surface area contributed by atoms with Crippen molar-refractivity contribution in [1.29, 1.82) is 0 Å². The van der Waals surface area contributed by atoms with Crippen LogP contribution >= 0.6 is 0 Å². The Hall–Kier alpha value is -2.82. The van der Waals surface area contributed by atoms with Crippen molar-refractivity contribution in [3.8, 4) is 5.75 Å². The maximum absolute atomic E-state index is 5.93. The Labute approximate surface area is 136 Å². The molecule has 120 valence electrons. The van der Waals surface area contributed by atoms with Gasteiger partial charge in [-0.2, -0.15) is 0 Å². The predicted octanol–water partition coefficient (Wildman–Crippen LogP) is 2.91. The maximum Gasteiger partial charge on any atom is 0.152 e. The molecule has 2 aromatic rings. The third kappa shape index (κ3) is 4.32. The summed E-state index contributed by atoms with van der Waals surface area (Å²) in [4.78, 5) is 8.90. The molecule has 0 aromatic heterocycles. The zero-order valence-electron chi connectivity index (χ0n) is 13.6. The van der Waals surface area contributed by atoms with Crippen LogP contribution in [-0.4, -0.2) is 25.7 Å². The van der Waals surface area contributed by atoms with Crippen molar-refractivity contribution >= 4 is 11.5 Å². The molecule has 0 saturated carbocycles. The van der Waals surface area contributed by atoms with E-state index in [-0.39, 0.29) is 0 Å². The third-order valence-corrected chi connectivity index (χ3v) is 3.32. The van der Waals surface area contributed by atoms with Crippen LogP contribution in [0.15, 0.2) is 58.7 Å². The predicted molar refractivity (Wildman–Crippen MR) is 93.0 cm³/mol. The molecule has 0 unspecified atom stereocenters. The highest BCUT2D eigenvalue weighted by Crippen LogP contribution is 2.17. The van der Waals surface area contributed by atoms with E-state index in [1.807, 2.05) is 55.5 Å². The van der Waals surface area contributed by atoms with E-state index in [0.717, 1.165) is 22.4 Å². The Morgan fingerprint density at radius 2 is 1.91 bits per heavy atom. The number of benzene rings is 2. The summed E-state index contributed by atoms with van der Waals surface area (Å²) in [6.07, 6.45) is 0. The average molecular weight is 311 g/mol. The molecule has 0 atom stereocenters. The summed E-state index contributed by atoms with van der Waals surface area (Å²) in [6.45, 7) is 2.43. The van der Waals surface area contributed by atoms with Gasteiger partial charge >= 0.3 is 0 Å². The molecule has 0 spiro atoms. The van der Waals surface area contributed by atoms with Gasteiger partial charge in [-0.05, 0) is 30.2 Å². The molecule has 0 heterocycles. The fourth-order valence-electron chi connectivity index (χ4n) is 2.17. The lowest BCUT2D eigenvalue weighted by Crippen LogP contribution is -2.26. The van der Waals surface area contributed by atoms with E-state index in [1.54, 1.807) is 7.05 Å². The average Bonchev–Trinajstić information content (AvgIpc) is 2.58. The molecule has 2 N–H and O–H groups in total. The number of nitrogens with two attached hydrogens (primary N) is 1. The standard InChI is InChI=1S/C18H21N3O2/c1-13-7-6-9-15(11-13)23-12-14-8-4-5-10-16(14)17(21-22-3)18(19)20-2/h4-11H,12H2,1-3H3,(H2,19,20). The normalized spacial score (nSPS) is 12.1. The highest BCUT2D eigenvalue weighted by Gasteiger charge is 2.14. The van der Waals surface area contributed by atoms with Crippen LogP contribution in [0.25, 0.3) is 0 Å². The first-order valence-electron chi connectivity index (χ1n) is 7.27. The summed E-state index contributed by atoms with van der Waals surface area (Å²) in [5.74, 6) is 1.14. The van der Waals surface area contributed by atoms with Crippen LogP contribution in [0.3, 0.4) is 0 Å². The second kappa shape index (κ2) is 7.98. The molecular formula is C18H21N3O2. The van der Waals surface area contributed by atoms with Crippen molar-refractivity contribution in [2.75, 3.05) is 14.2 Å². The molecule has 0 bridgehead atoms. The van der Waals surface area contributed by atoms with Gasteiger partial charge in [0.2, 0.25) is 0 Å². The van der Waals surface area contributed by atoms with Crippen LogP contribution < -0.4 is 10.5 Å². The number of ether oxygens (including phenoxy) is 1. The van der Waals surface area contributed by atoms with Gasteiger partial charge in [0.05, 0.1) is 0 Å². The summed E-state index contributed by atoms with van der Waals surface area (Å²) in [7, 11) is 3.10. The van der Waals surface area contributed by atoms with Gasteiger partial charge in [-0.15, -0.1) is 0 Å². The third-order valence-electron chi connectivity index (χ3n) is 3.32. The van der Waals surface area contributed by atoms with E-state index < -0.39 is 0 Å². The molecule has 5 nitrogen and oxygen atoms in total. The first-order valence-corrected chi connectivity index (χ1v) is 7.27. The first kappa shape index (κ1) is 16.5. The minimum Gasteiger partial charge on any atom is -0.489 e. The van der Waals surface area contributed by atoms with Crippen molar-refractivity contribution in [2.45, 2.75) is 13.5 Å². The Kier molecular flexibility index (Phi) is 5.74. The van der Waals surface area contributed by atoms with E-state index in [0.29, 0.717) is 18.2 Å². The Morgan fingerprint density at radius 3 is 2.61 bits per heavy atom. The number of hydrogen-bond acceptors (Lipinski definition) is 4. The molecule has 2 aromatic carbocycles. The van der Waals surface area contributed by atoms with E-state index in [9.17, 15) is 0 Å². The number of hydrogen-bond donors (Lipinski definition) is 1. The van der Waals surface area contributed by atoms with Crippen LogP contribution in [-0.2, 0) is 11.4 Å². The smallest absolute Gasteiger partial charge is 0.152 e. The lowest BCUT2D eigenvalue weighted by atomic mass is 10.0. The van der Waals surface area contributed by atoms with Gasteiger partial charge in [0.15, 0.2) is 5.71 Å². The largest absolute Gasteiger partial charge is 0.489 e. The number of nitrogens with zero attached hydrogens (tertiary/aromatic N) is 2. The lowest BCUT2D eigenvalue weighted by Gasteiger charge is -2.12. The fraction of sp³-hybridized carbons (Fsp3) is 0.222. The van der Waals surface area contributed by atoms with Crippen molar-refractivity contribution < 1.29 is 9.57 Å². The van der Waals surface area contributed by atoms with Gasteiger partial charge in [-0.1, -0.05) is 41.6 Å². The van der Waals surface area contributed by atoms with Crippen molar-refractivity contribution in [3.63, 3.8) is 0 Å². The van der Waals surface area contributed by atoms with Gasteiger partial charge in [-0.3, -0.25) is 4.99 Å². The summed E-state index contributed by atoms with van der Waals surface area (Å²) in [5.41, 5.74) is 9.37. The maximum atomic E-state index is 5.93. The number of amidine groups is 1. The van der Waals surface area contributed by atoms with Crippen molar-refractivity contribution in [1.82, 2.24) is 0 Å². The number of aliphatic imine (C=N–C) groups is 1. The Balaban J connectivity index is 2.28. The number of oxime groups is 1. The van der Waals surface area contributed by atoms with E-state index in [1.165, 1.54) is 7.11 Å². The summed E-state index contributed by atoms with van der Waals surface area (Å²) in [6, 6.07) is 15.7. The van der Waals surface area contributed by atoms with Gasteiger partial charge in [-0.25, -0.2) is 0 Å². The Morgan fingerprint density at radius 1 is 1.13 bits per heavy atom. The fourth-order valence-corrected chi connectivity index (χ4v) is 2.17. The highest BCUT2D eigenvalue weighted by molar-refractivity contribution is 6.47. The van der Waals surface area contributed by atoms with Gasteiger partial charge in [0.25, 0.3) is 0 Å². The van der Waals surface area contributed by atoms with Crippen molar-refractivity contribution in [3.05, 3.63) is 65.2 Å². The zero-order valence-corrected chi connectivity index (χ0v) is 13.6. The summed E-state index contributed by atoms with van der Waals surface area (Å²) < 4.78 is 5.88. The first-order chi connectivity index (χ1) is 11.2. The topological polar surface area (TPSA) is 69.2 Å². The SMILES string of the molecule is CN=C(N)C(=NOC)c1ccccc1COc1cccc(C)c1. The molecule has 5 heteroatoms. The molecule has 0 aliphatic heterocycles. The zero-order chi connectivity index (χ0) is 16.7. The van der Waals surface area contributed by atoms with E-state index in [2.05, 4.69) is 10.1 Å². The molecule has 23 heavy (non-hydrogen) atoms. The lowest BCUT2D eigenvalue weighted by molar-refractivity contribution is 0.214. The molecule has 0 aliphatic carbocycles. The Bertz CT molecular complexity index is 724. The van der Waals surface area contributed by atoms with Crippen LogP contribution in [0.5, 0.6) is 5.75 Å². The molecule has 0 aliphatic rings. The van der Waals surface area contributed by atoms with Crippen LogP contribution in [0, 0.1) is 6.92 Å². The van der Waals surface area contributed by atoms with E-state index >= 15 is 0 Å². The molecule has 0 amide bonds. The molecule has 2 rings (SSSR count). The van der Waals surface area contributed by atoms with Gasteiger partial charge in [0.1, 0.15) is 25.3 Å². The summed E-state index contributed by atoms with van der Waals surface area (Å²) >= 11 is 0. The number of aryl methyl sites for hydroxylation is 1. The minimum absolute atomic E-state index is 0.315. The molecule has 0 radical (unpaired) electrons. The monoisotopic (exact) mass is 311 g/mol. The highest BCUT2D eigenvalue weighted by atomic mass is 16.6. The molecular weight excluding hydrogens is 290 g/mol. The van der Waals surface area contributed by atoms with E-state index in [4.69, 9.17) is 15.3 Å². The summed E-state index contributed by atoms with van der Waals surface area (Å²) in [5, 5.41) is 4.00. The minimum atomic E-state index is 0.315. The number of rotatable bonds is 6. The quantitative estimate of drug-likeness (QED) is 0.506. The second-order valence-electron chi connectivity index (χ2n) is 4.99. The van der Waals surface area contributed by atoms with Gasteiger partial charge < -0.3 is 15.3 Å². The van der Waals surface area contributed by atoms with Crippen LogP contribution in [0.4, 0.5) is 0 Å². The molecule has 0 fully saturated rings. The van der Waals surface area contributed by atoms with Crippen LogP contribution in [0.2, 0.25) is 0 Å². The van der Waals surface area contributed by atoms with Crippen LogP contribution in [0.1, 0.15) is 16.7 Å². The second-order valence-corrected chi connectivity index (χ2v) is 4.99. The van der Waals surface area contributed by atoms with Crippen molar-refractivity contribution in [2.24, 2.45) is 15.9 Å².